The molecular formula is C17H18N2OS. The fourth-order valence-corrected chi connectivity index (χ4v) is 2.88. The molecule has 0 atom stereocenters. The van der Waals surface area contributed by atoms with Crippen LogP contribution < -0.4 is 15.0 Å². The second-order valence-electron chi connectivity index (χ2n) is 4.89. The second kappa shape index (κ2) is 6.14. The molecule has 0 bridgehead atoms. The number of fused-ring (bicyclic) bond motifs is 1. The van der Waals surface area contributed by atoms with Crippen molar-refractivity contribution < 1.29 is 4.74 Å². The van der Waals surface area contributed by atoms with E-state index in [4.69, 9.17) is 17.0 Å². The van der Waals surface area contributed by atoms with Crippen LogP contribution in [0.25, 0.3) is 0 Å². The van der Waals surface area contributed by atoms with E-state index in [0.29, 0.717) is 11.7 Å². The number of nitrogens with one attached hydrogen (secondary N) is 1. The summed E-state index contributed by atoms with van der Waals surface area (Å²) >= 11 is 5.57. The first kappa shape index (κ1) is 13.9. The molecule has 0 saturated heterocycles. The topological polar surface area (TPSA) is 24.5 Å². The zero-order valence-corrected chi connectivity index (χ0v) is 12.8. The van der Waals surface area contributed by atoms with Gasteiger partial charge in [-0.25, -0.2) is 0 Å². The Morgan fingerprint density at radius 3 is 2.81 bits per heavy atom. The van der Waals surface area contributed by atoms with E-state index in [9.17, 15) is 0 Å². The van der Waals surface area contributed by atoms with Crippen molar-refractivity contribution in [3.05, 3.63) is 54.1 Å². The Hall–Kier alpha value is -2.07. The molecular weight excluding hydrogens is 280 g/mol. The third-order valence-electron chi connectivity index (χ3n) is 3.56. The molecule has 1 aliphatic rings. The zero-order valence-electron chi connectivity index (χ0n) is 12.0. The third kappa shape index (κ3) is 2.85. The van der Waals surface area contributed by atoms with Gasteiger partial charge in [0.2, 0.25) is 0 Å². The van der Waals surface area contributed by atoms with Gasteiger partial charge in [0, 0.05) is 12.2 Å². The molecule has 0 amide bonds. The van der Waals surface area contributed by atoms with Crippen LogP contribution in [-0.2, 0) is 6.42 Å². The van der Waals surface area contributed by atoms with Gasteiger partial charge in [-0.1, -0.05) is 30.3 Å². The minimum absolute atomic E-state index is 0.637. The van der Waals surface area contributed by atoms with Crippen LogP contribution in [0.15, 0.2) is 48.5 Å². The van der Waals surface area contributed by atoms with E-state index in [1.165, 1.54) is 11.3 Å². The highest BCUT2D eigenvalue weighted by Gasteiger charge is 2.22. The number of hydrogen-bond donors (Lipinski definition) is 1. The first-order valence-corrected chi connectivity index (χ1v) is 7.58. The van der Waals surface area contributed by atoms with Gasteiger partial charge in [-0.05, 0) is 49.3 Å². The van der Waals surface area contributed by atoms with E-state index < -0.39 is 0 Å². The molecule has 0 saturated carbocycles. The number of hydrogen-bond acceptors (Lipinski definition) is 2. The number of thiocarbonyl (C=S) groups is 1. The van der Waals surface area contributed by atoms with E-state index in [1.54, 1.807) is 0 Å². The highest BCUT2D eigenvalue weighted by Crippen LogP contribution is 2.29. The largest absolute Gasteiger partial charge is 0.492 e. The normalized spacial score (nSPS) is 12.9. The van der Waals surface area contributed by atoms with Crippen LogP contribution in [0, 0.1) is 0 Å². The summed E-state index contributed by atoms with van der Waals surface area (Å²) in [6.45, 7) is 3.53. The van der Waals surface area contributed by atoms with Crippen molar-refractivity contribution in [2.45, 2.75) is 13.3 Å². The molecule has 0 fully saturated rings. The van der Waals surface area contributed by atoms with Gasteiger partial charge >= 0.3 is 0 Å². The molecule has 1 aliphatic heterocycles. The van der Waals surface area contributed by atoms with Gasteiger partial charge in [0.05, 0.1) is 12.3 Å². The van der Waals surface area contributed by atoms with Crippen LogP contribution in [0.5, 0.6) is 5.75 Å². The average Bonchev–Trinajstić information content (AvgIpc) is 2.93. The number of nitrogens with zero attached hydrogens (tertiary/aromatic N) is 1. The molecule has 2 aromatic rings. The van der Waals surface area contributed by atoms with Crippen molar-refractivity contribution >= 4 is 28.7 Å². The molecule has 0 aliphatic carbocycles. The second-order valence-corrected chi connectivity index (χ2v) is 5.28. The lowest BCUT2D eigenvalue weighted by atomic mass is 10.2. The minimum Gasteiger partial charge on any atom is -0.492 e. The Morgan fingerprint density at radius 2 is 1.95 bits per heavy atom. The molecule has 0 radical (unpaired) electrons. The van der Waals surface area contributed by atoms with Crippen LogP contribution in [0.3, 0.4) is 0 Å². The van der Waals surface area contributed by atoms with Crippen LogP contribution in [0.1, 0.15) is 12.5 Å². The lowest BCUT2D eigenvalue weighted by Crippen LogP contribution is -2.33. The SMILES string of the molecule is CCOc1ccccc1NC(=S)N1CCc2ccccc21. The van der Waals surface area contributed by atoms with Crippen LogP contribution in [0.4, 0.5) is 11.4 Å². The fraction of sp³-hybridized carbons (Fsp3) is 0.235. The van der Waals surface area contributed by atoms with Crippen molar-refractivity contribution in [1.29, 1.82) is 0 Å². The highest BCUT2D eigenvalue weighted by molar-refractivity contribution is 7.80. The molecule has 3 rings (SSSR count). The fourth-order valence-electron chi connectivity index (χ4n) is 2.58. The summed E-state index contributed by atoms with van der Waals surface area (Å²) < 4.78 is 5.63. The first-order valence-electron chi connectivity index (χ1n) is 7.18. The van der Waals surface area contributed by atoms with Crippen molar-refractivity contribution in [2.75, 3.05) is 23.4 Å². The molecule has 2 aromatic carbocycles. The molecule has 1 N–H and O–H groups in total. The highest BCUT2D eigenvalue weighted by atomic mass is 32.1. The number of para-hydroxylation sites is 3. The number of rotatable bonds is 3. The number of benzene rings is 2. The molecule has 0 unspecified atom stereocenters. The Balaban J connectivity index is 1.79. The van der Waals surface area contributed by atoms with Gasteiger partial charge in [-0.2, -0.15) is 0 Å². The number of anilines is 2. The standard InChI is InChI=1S/C17H18N2OS/c1-2-20-16-10-6-4-8-14(16)18-17(21)19-12-11-13-7-3-5-9-15(13)19/h3-10H,2,11-12H2,1H3,(H,18,21). The van der Waals surface area contributed by atoms with E-state index >= 15 is 0 Å². The smallest absolute Gasteiger partial charge is 0.178 e. The Labute approximate surface area is 130 Å². The summed E-state index contributed by atoms with van der Waals surface area (Å²) in [7, 11) is 0. The number of ether oxygens (including phenoxy) is 1. The summed E-state index contributed by atoms with van der Waals surface area (Å²) in [5, 5.41) is 4.03. The predicted molar refractivity (Wildman–Crippen MR) is 91.3 cm³/mol. The Kier molecular flexibility index (Phi) is 4.06. The molecule has 21 heavy (non-hydrogen) atoms. The summed E-state index contributed by atoms with van der Waals surface area (Å²) in [5.74, 6) is 0.829. The van der Waals surface area contributed by atoms with Gasteiger partial charge in [0.25, 0.3) is 0 Å². The lowest BCUT2D eigenvalue weighted by molar-refractivity contribution is 0.342. The van der Waals surface area contributed by atoms with Crippen LogP contribution >= 0.6 is 12.2 Å². The molecule has 0 aromatic heterocycles. The molecule has 4 heteroatoms. The maximum atomic E-state index is 5.63. The molecule has 1 heterocycles. The van der Waals surface area contributed by atoms with Crippen molar-refractivity contribution in [1.82, 2.24) is 0 Å². The minimum atomic E-state index is 0.637. The van der Waals surface area contributed by atoms with Crippen LogP contribution in [0.2, 0.25) is 0 Å². The monoisotopic (exact) mass is 298 g/mol. The predicted octanol–water partition coefficient (Wildman–Crippen LogP) is 3.84. The van der Waals surface area contributed by atoms with Gasteiger partial charge < -0.3 is 15.0 Å². The molecule has 0 spiro atoms. The van der Waals surface area contributed by atoms with Gasteiger partial charge in [-0.15, -0.1) is 0 Å². The lowest BCUT2D eigenvalue weighted by Gasteiger charge is -2.22. The summed E-state index contributed by atoms with van der Waals surface area (Å²) in [4.78, 5) is 2.15. The third-order valence-corrected chi connectivity index (χ3v) is 3.88. The maximum absolute atomic E-state index is 5.63. The van der Waals surface area contributed by atoms with Crippen LogP contribution in [-0.4, -0.2) is 18.3 Å². The van der Waals surface area contributed by atoms with E-state index in [-0.39, 0.29) is 0 Å². The Bertz CT molecular complexity index is 657. The van der Waals surface area contributed by atoms with Gasteiger partial charge in [0.15, 0.2) is 5.11 Å². The Morgan fingerprint density at radius 1 is 1.19 bits per heavy atom. The zero-order chi connectivity index (χ0) is 14.7. The van der Waals surface area contributed by atoms with Gasteiger partial charge in [0.1, 0.15) is 5.75 Å². The summed E-state index contributed by atoms with van der Waals surface area (Å²) in [6, 6.07) is 16.3. The quantitative estimate of drug-likeness (QED) is 0.870. The molecule has 108 valence electrons. The molecule has 3 nitrogen and oxygen atoms in total. The van der Waals surface area contributed by atoms with Crippen molar-refractivity contribution in [3.8, 4) is 5.75 Å². The summed E-state index contributed by atoms with van der Waals surface area (Å²) in [6.07, 6.45) is 1.03. The van der Waals surface area contributed by atoms with Crippen molar-refractivity contribution in [3.63, 3.8) is 0 Å². The van der Waals surface area contributed by atoms with Gasteiger partial charge in [-0.3, -0.25) is 0 Å². The van der Waals surface area contributed by atoms with E-state index in [1.807, 2.05) is 37.3 Å². The van der Waals surface area contributed by atoms with E-state index in [0.717, 1.165) is 24.4 Å². The average molecular weight is 298 g/mol. The summed E-state index contributed by atoms with van der Waals surface area (Å²) in [5.41, 5.74) is 3.46. The maximum Gasteiger partial charge on any atom is 0.178 e. The van der Waals surface area contributed by atoms with Crippen molar-refractivity contribution in [2.24, 2.45) is 0 Å². The van der Waals surface area contributed by atoms with E-state index in [2.05, 4.69) is 28.4 Å². The first-order chi connectivity index (χ1) is 10.3.